The Morgan fingerprint density at radius 2 is 1.94 bits per heavy atom. The van der Waals surface area contributed by atoms with Crippen LogP contribution in [0.2, 0.25) is 0 Å². The fourth-order valence-corrected chi connectivity index (χ4v) is 2.87. The molecule has 16 heavy (non-hydrogen) atoms. The molecule has 3 heteroatoms. The van der Waals surface area contributed by atoms with E-state index in [0.29, 0.717) is 12.1 Å². The summed E-state index contributed by atoms with van der Waals surface area (Å²) in [7, 11) is 0. The van der Waals surface area contributed by atoms with Gasteiger partial charge in [0.1, 0.15) is 0 Å². The molecule has 0 aromatic rings. The summed E-state index contributed by atoms with van der Waals surface area (Å²) < 4.78 is 5.54. The van der Waals surface area contributed by atoms with Crippen LogP contribution in [0.15, 0.2) is 0 Å². The van der Waals surface area contributed by atoms with E-state index in [-0.39, 0.29) is 6.10 Å². The number of nitrogens with one attached hydrogen (secondary N) is 1. The van der Waals surface area contributed by atoms with Crippen LogP contribution in [-0.4, -0.2) is 36.5 Å². The molecule has 2 fully saturated rings. The van der Waals surface area contributed by atoms with Crippen molar-refractivity contribution in [2.45, 2.75) is 63.7 Å². The minimum Gasteiger partial charge on any atom is -0.393 e. The average Bonchev–Trinajstić information content (AvgIpc) is 2.28. The summed E-state index contributed by atoms with van der Waals surface area (Å²) in [5, 5.41) is 13.1. The van der Waals surface area contributed by atoms with E-state index in [1.807, 2.05) is 0 Å². The molecule has 2 unspecified atom stereocenters. The molecule has 2 rings (SSSR count). The van der Waals surface area contributed by atoms with Crippen molar-refractivity contribution in [1.82, 2.24) is 5.32 Å². The first kappa shape index (κ1) is 12.3. The SMILES string of the molecule is CC1CC(NCC2CCC(O)CC2)CCO1. The molecule has 0 aromatic heterocycles. The lowest BCUT2D eigenvalue weighted by Crippen LogP contribution is -2.40. The standard InChI is InChI=1S/C13H25NO2/c1-10-8-12(6-7-16-10)14-9-11-2-4-13(15)5-3-11/h10-15H,2-9H2,1H3. The van der Waals surface area contributed by atoms with Gasteiger partial charge in [0, 0.05) is 12.6 Å². The summed E-state index contributed by atoms with van der Waals surface area (Å²) in [6.07, 6.45) is 7.06. The van der Waals surface area contributed by atoms with E-state index in [4.69, 9.17) is 4.74 Å². The summed E-state index contributed by atoms with van der Waals surface area (Å²) in [4.78, 5) is 0. The van der Waals surface area contributed by atoms with Crippen LogP contribution in [0.3, 0.4) is 0 Å². The van der Waals surface area contributed by atoms with Gasteiger partial charge in [-0.3, -0.25) is 0 Å². The molecule has 2 atom stereocenters. The van der Waals surface area contributed by atoms with Gasteiger partial charge in [0.2, 0.25) is 0 Å². The number of aliphatic hydroxyl groups excluding tert-OH is 1. The Balaban J connectivity index is 1.63. The van der Waals surface area contributed by atoms with E-state index in [1.54, 1.807) is 0 Å². The number of hydrogen-bond acceptors (Lipinski definition) is 3. The van der Waals surface area contributed by atoms with Gasteiger partial charge in [0.25, 0.3) is 0 Å². The molecular formula is C13H25NO2. The summed E-state index contributed by atoms with van der Waals surface area (Å²) in [6, 6.07) is 0.649. The Morgan fingerprint density at radius 1 is 1.19 bits per heavy atom. The molecule has 1 saturated carbocycles. The first-order chi connectivity index (χ1) is 7.74. The average molecular weight is 227 g/mol. The lowest BCUT2D eigenvalue weighted by atomic mass is 9.87. The van der Waals surface area contributed by atoms with Crippen LogP contribution in [0, 0.1) is 5.92 Å². The Bertz CT molecular complexity index is 202. The maximum Gasteiger partial charge on any atom is 0.0561 e. The molecular weight excluding hydrogens is 202 g/mol. The lowest BCUT2D eigenvalue weighted by molar-refractivity contribution is 0.0119. The molecule has 0 radical (unpaired) electrons. The molecule has 94 valence electrons. The molecule has 0 aromatic carbocycles. The number of hydrogen-bond donors (Lipinski definition) is 2. The third-order valence-corrected chi connectivity index (χ3v) is 4.00. The summed E-state index contributed by atoms with van der Waals surface area (Å²) in [6.45, 7) is 4.19. The van der Waals surface area contributed by atoms with Gasteiger partial charge in [-0.1, -0.05) is 0 Å². The number of ether oxygens (including phenoxy) is 1. The van der Waals surface area contributed by atoms with E-state index in [2.05, 4.69) is 12.2 Å². The summed E-state index contributed by atoms with van der Waals surface area (Å²) in [5.41, 5.74) is 0. The van der Waals surface area contributed by atoms with Crippen molar-refractivity contribution in [3.8, 4) is 0 Å². The molecule has 2 N–H and O–H groups in total. The van der Waals surface area contributed by atoms with Crippen molar-refractivity contribution >= 4 is 0 Å². The van der Waals surface area contributed by atoms with Crippen LogP contribution in [-0.2, 0) is 4.74 Å². The van der Waals surface area contributed by atoms with Gasteiger partial charge in [0.15, 0.2) is 0 Å². The van der Waals surface area contributed by atoms with Gasteiger partial charge >= 0.3 is 0 Å². The molecule has 2 aliphatic rings. The molecule has 1 aliphatic carbocycles. The van der Waals surface area contributed by atoms with Gasteiger partial charge in [-0.25, -0.2) is 0 Å². The van der Waals surface area contributed by atoms with Crippen molar-refractivity contribution in [3.63, 3.8) is 0 Å². The molecule has 1 aliphatic heterocycles. The zero-order chi connectivity index (χ0) is 11.4. The molecule has 3 nitrogen and oxygen atoms in total. The minimum atomic E-state index is -0.0284. The third-order valence-electron chi connectivity index (χ3n) is 4.00. The topological polar surface area (TPSA) is 41.5 Å². The summed E-state index contributed by atoms with van der Waals surface area (Å²) >= 11 is 0. The second kappa shape index (κ2) is 5.99. The Labute approximate surface area is 98.6 Å². The first-order valence-corrected chi connectivity index (χ1v) is 6.77. The van der Waals surface area contributed by atoms with Gasteiger partial charge in [-0.2, -0.15) is 0 Å². The minimum absolute atomic E-state index is 0.0284. The van der Waals surface area contributed by atoms with E-state index in [9.17, 15) is 5.11 Å². The van der Waals surface area contributed by atoms with Crippen LogP contribution >= 0.6 is 0 Å². The van der Waals surface area contributed by atoms with Crippen LogP contribution < -0.4 is 5.32 Å². The molecule has 1 heterocycles. The second-order valence-electron chi connectivity index (χ2n) is 5.49. The van der Waals surface area contributed by atoms with Crippen molar-refractivity contribution in [2.24, 2.45) is 5.92 Å². The van der Waals surface area contributed by atoms with Crippen LogP contribution in [0.25, 0.3) is 0 Å². The fraction of sp³-hybridized carbons (Fsp3) is 1.00. The second-order valence-corrected chi connectivity index (χ2v) is 5.49. The van der Waals surface area contributed by atoms with Gasteiger partial charge < -0.3 is 15.2 Å². The van der Waals surface area contributed by atoms with Crippen molar-refractivity contribution in [2.75, 3.05) is 13.2 Å². The van der Waals surface area contributed by atoms with E-state index in [0.717, 1.165) is 44.8 Å². The highest BCUT2D eigenvalue weighted by Crippen LogP contribution is 2.24. The van der Waals surface area contributed by atoms with Gasteiger partial charge in [-0.15, -0.1) is 0 Å². The van der Waals surface area contributed by atoms with Crippen LogP contribution in [0.5, 0.6) is 0 Å². The van der Waals surface area contributed by atoms with E-state index in [1.165, 1.54) is 12.8 Å². The number of aliphatic hydroxyl groups is 1. The monoisotopic (exact) mass is 227 g/mol. The lowest BCUT2D eigenvalue weighted by Gasteiger charge is -2.31. The fourth-order valence-electron chi connectivity index (χ4n) is 2.87. The predicted molar refractivity (Wildman–Crippen MR) is 64.4 cm³/mol. The molecule has 1 saturated heterocycles. The highest BCUT2D eigenvalue weighted by atomic mass is 16.5. The molecule has 0 bridgehead atoms. The quantitative estimate of drug-likeness (QED) is 0.771. The zero-order valence-corrected chi connectivity index (χ0v) is 10.3. The Hall–Kier alpha value is -0.120. The van der Waals surface area contributed by atoms with Crippen LogP contribution in [0.4, 0.5) is 0 Å². The maximum absolute atomic E-state index is 9.44. The zero-order valence-electron chi connectivity index (χ0n) is 10.3. The van der Waals surface area contributed by atoms with Gasteiger partial charge in [-0.05, 0) is 57.9 Å². The van der Waals surface area contributed by atoms with E-state index >= 15 is 0 Å². The van der Waals surface area contributed by atoms with Gasteiger partial charge in [0.05, 0.1) is 12.2 Å². The van der Waals surface area contributed by atoms with Crippen molar-refractivity contribution in [3.05, 3.63) is 0 Å². The first-order valence-electron chi connectivity index (χ1n) is 6.77. The third kappa shape index (κ3) is 3.72. The summed E-state index contributed by atoms with van der Waals surface area (Å²) in [5.74, 6) is 0.779. The highest BCUT2D eigenvalue weighted by molar-refractivity contribution is 4.78. The molecule has 0 spiro atoms. The predicted octanol–water partition coefficient (Wildman–Crippen LogP) is 1.69. The Kier molecular flexibility index (Phi) is 4.62. The largest absolute Gasteiger partial charge is 0.393 e. The Morgan fingerprint density at radius 3 is 2.62 bits per heavy atom. The normalized spacial score (nSPS) is 40.9. The van der Waals surface area contributed by atoms with E-state index < -0.39 is 0 Å². The van der Waals surface area contributed by atoms with Crippen molar-refractivity contribution < 1.29 is 9.84 Å². The highest BCUT2D eigenvalue weighted by Gasteiger charge is 2.22. The van der Waals surface area contributed by atoms with Crippen molar-refractivity contribution in [1.29, 1.82) is 0 Å². The van der Waals surface area contributed by atoms with Crippen LogP contribution in [0.1, 0.15) is 45.4 Å². The number of rotatable bonds is 3. The maximum atomic E-state index is 9.44. The smallest absolute Gasteiger partial charge is 0.0561 e. The molecule has 0 amide bonds.